The molecular weight excluding hydrogens is 243 g/mol. The second-order valence-electron chi connectivity index (χ2n) is 4.19. The van der Waals surface area contributed by atoms with Crippen molar-refractivity contribution in [2.75, 3.05) is 17.7 Å². The van der Waals surface area contributed by atoms with E-state index < -0.39 is 0 Å². The Balaban J connectivity index is 2.23. The Morgan fingerprint density at radius 2 is 1.79 bits per heavy atom. The highest BCUT2D eigenvalue weighted by molar-refractivity contribution is 5.59. The minimum Gasteiger partial charge on any atom is -0.373 e. The SMILES string of the molecule is CCCc1nc(NC)cc(Nc2ccc(F)cc2)n1. The Morgan fingerprint density at radius 1 is 1.11 bits per heavy atom. The summed E-state index contributed by atoms with van der Waals surface area (Å²) in [5.41, 5.74) is 0.796. The van der Waals surface area contributed by atoms with E-state index in [4.69, 9.17) is 0 Å². The molecule has 0 spiro atoms. The largest absolute Gasteiger partial charge is 0.373 e. The normalized spacial score (nSPS) is 10.3. The van der Waals surface area contributed by atoms with Crippen molar-refractivity contribution < 1.29 is 4.39 Å². The maximum absolute atomic E-state index is 12.8. The molecule has 0 bridgehead atoms. The maximum Gasteiger partial charge on any atom is 0.136 e. The van der Waals surface area contributed by atoms with Crippen LogP contribution < -0.4 is 10.6 Å². The van der Waals surface area contributed by atoms with Gasteiger partial charge in [-0.05, 0) is 30.7 Å². The van der Waals surface area contributed by atoms with Crippen LogP contribution in [-0.4, -0.2) is 17.0 Å². The van der Waals surface area contributed by atoms with Crippen LogP contribution in [0.2, 0.25) is 0 Å². The highest BCUT2D eigenvalue weighted by atomic mass is 19.1. The second kappa shape index (κ2) is 6.13. The molecule has 0 radical (unpaired) electrons. The zero-order valence-electron chi connectivity index (χ0n) is 11.1. The molecule has 0 atom stereocenters. The fraction of sp³-hybridized carbons (Fsp3) is 0.286. The zero-order chi connectivity index (χ0) is 13.7. The van der Waals surface area contributed by atoms with E-state index in [-0.39, 0.29) is 5.82 Å². The summed E-state index contributed by atoms with van der Waals surface area (Å²) in [5.74, 6) is 2.01. The third kappa shape index (κ3) is 3.64. The summed E-state index contributed by atoms with van der Waals surface area (Å²) in [4.78, 5) is 8.81. The van der Waals surface area contributed by atoms with E-state index >= 15 is 0 Å². The molecule has 0 saturated heterocycles. The average Bonchev–Trinajstić information content (AvgIpc) is 2.41. The van der Waals surface area contributed by atoms with Gasteiger partial charge in [-0.2, -0.15) is 0 Å². The van der Waals surface area contributed by atoms with Gasteiger partial charge in [0.15, 0.2) is 0 Å². The zero-order valence-corrected chi connectivity index (χ0v) is 11.1. The van der Waals surface area contributed by atoms with Crippen LogP contribution in [0, 0.1) is 5.82 Å². The molecule has 2 aromatic rings. The van der Waals surface area contributed by atoms with Crippen LogP contribution in [0.1, 0.15) is 19.2 Å². The molecule has 0 saturated carbocycles. The number of hydrogen-bond acceptors (Lipinski definition) is 4. The number of anilines is 3. The van der Waals surface area contributed by atoms with Crippen LogP contribution in [0.4, 0.5) is 21.7 Å². The fourth-order valence-corrected chi connectivity index (χ4v) is 1.71. The third-order valence-electron chi connectivity index (χ3n) is 2.62. The molecule has 19 heavy (non-hydrogen) atoms. The molecule has 4 nitrogen and oxygen atoms in total. The van der Waals surface area contributed by atoms with E-state index in [1.54, 1.807) is 12.1 Å². The van der Waals surface area contributed by atoms with E-state index in [0.717, 1.165) is 30.2 Å². The van der Waals surface area contributed by atoms with E-state index in [1.807, 2.05) is 13.1 Å². The van der Waals surface area contributed by atoms with E-state index in [1.165, 1.54) is 12.1 Å². The number of nitrogens with one attached hydrogen (secondary N) is 2. The van der Waals surface area contributed by atoms with Gasteiger partial charge in [0.05, 0.1) is 0 Å². The van der Waals surface area contributed by atoms with Gasteiger partial charge in [-0.25, -0.2) is 14.4 Å². The van der Waals surface area contributed by atoms with Gasteiger partial charge < -0.3 is 10.6 Å². The van der Waals surface area contributed by atoms with Gasteiger partial charge in [-0.3, -0.25) is 0 Å². The van der Waals surface area contributed by atoms with Crippen molar-refractivity contribution in [3.05, 3.63) is 42.0 Å². The van der Waals surface area contributed by atoms with E-state index in [0.29, 0.717) is 5.82 Å². The summed E-state index contributed by atoms with van der Waals surface area (Å²) in [6.07, 6.45) is 1.82. The van der Waals surface area contributed by atoms with Gasteiger partial charge >= 0.3 is 0 Å². The first-order valence-corrected chi connectivity index (χ1v) is 6.29. The van der Waals surface area contributed by atoms with Crippen molar-refractivity contribution in [1.29, 1.82) is 0 Å². The quantitative estimate of drug-likeness (QED) is 0.865. The van der Waals surface area contributed by atoms with Crippen molar-refractivity contribution in [3.8, 4) is 0 Å². The lowest BCUT2D eigenvalue weighted by Crippen LogP contribution is -2.03. The molecule has 1 aromatic heterocycles. The second-order valence-corrected chi connectivity index (χ2v) is 4.19. The molecule has 0 aliphatic rings. The van der Waals surface area contributed by atoms with E-state index in [9.17, 15) is 4.39 Å². The van der Waals surface area contributed by atoms with Crippen LogP contribution in [-0.2, 0) is 6.42 Å². The van der Waals surface area contributed by atoms with Crippen LogP contribution >= 0.6 is 0 Å². The summed E-state index contributed by atoms with van der Waals surface area (Å²) in [6, 6.07) is 8.00. The van der Waals surface area contributed by atoms with Gasteiger partial charge in [-0.1, -0.05) is 6.92 Å². The summed E-state index contributed by atoms with van der Waals surface area (Å²) in [5, 5.41) is 6.16. The number of hydrogen-bond donors (Lipinski definition) is 2. The van der Waals surface area contributed by atoms with Gasteiger partial charge in [-0.15, -0.1) is 0 Å². The highest BCUT2D eigenvalue weighted by Gasteiger charge is 2.04. The molecule has 2 rings (SSSR count). The molecule has 1 heterocycles. The average molecular weight is 260 g/mol. The van der Waals surface area contributed by atoms with Gasteiger partial charge in [0, 0.05) is 25.2 Å². The Kier molecular flexibility index (Phi) is 4.28. The topological polar surface area (TPSA) is 49.8 Å². The molecule has 5 heteroatoms. The number of rotatable bonds is 5. The first-order valence-electron chi connectivity index (χ1n) is 6.29. The molecule has 0 amide bonds. The summed E-state index contributed by atoms with van der Waals surface area (Å²) in [6.45, 7) is 2.09. The van der Waals surface area contributed by atoms with Crippen molar-refractivity contribution in [3.63, 3.8) is 0 Å². The Labute approximate surface area is 112 Å². The molecule has 0 aliphatic heterocycles. The summed E-state index contributed by atoms with van der Waals surface area (Å²) >= 11 is 0. The van der Waals surface area contributed by atoms with Crippen molar-refractivity contribution in [1.82, 2.24) is 9.97 Å². The monoisotopic (exact) mass is 260 g/mol. The van der Waals surface area contributed by atoms with Gasteiger partial charge in [0.1, 0.15) is 23.3 Å². The minimum absolute atomic E-state index is 0.254. The van der Waals surface area contributed by atoms with Crippen molar-refractivity contribution >= 4 is 17.3 Å². The standard InChI is InChI=1S/C14H17FN4/c1-3-4-12-18-13(16-2)9-14(19-12)17-11-7-5-10(15)6-8-11/h5-9H,3-4H2,1-2H3,(H2,16,17,18,19). The highest BCUT2D eigenvalue weighted by Crippen LogP contribution is 2.18. The lowest BCUT2D eigenvalue weighted by molar-refractivity contribution is 0.628. The summed E-state index contributed by atoms with van der Waals surface area (Å²) < 4.78 is 12.8. The Morgan fingerprint density at radius 3 is 2.42 bits per heavy atom. The van der Waals surface area contributed by atoms with Crippen LogP contribution in [0.3, 0.4) is 0 Å². The van der Waals surface area contributed by atoms with Crippen molar-refractivity contribution in [2.24, 2.45) is 0 Å². The van der Waals surface area contributed by atoms with Crippen LogP contribution in [0.15, 0.2) is 30.3 Å². The predicted octanol–water partition coefficient (Wildman–Crippen LogP) is 3.35. The van der Waals surface area contributed by atoms with Crippen molar-refractivity contribution in [2.45, 2.75) is 19.8 Å². The number of nitrogens with zero attached hydrogens (tertiary/aromatic N) is 2. The molecule has 0 aliphatic carbocycles. The Bertz CT molecular complexity index is 540. The molecular formula is C14H17FN4. The van der Waals surface area contributed by atoms with Crippen LogP contribution in [0.5, 0.6) is 0 Å². The molecule has 0 unspecified atom stereocenters. The first kappa shape index (κ1) is 13.3. The predicted molar refractivity (Wildman–Crippen MR) is 75.3 cm³/mol. The lowest BCUT2D eigenvalue weighted by Gasteiger charge is -2.09. The molecule has 2 N–H and O–H groups in total. The fourth-order valence-electron chi connectivity index (χ4n) is 1.71. The third-order valence-corrected chi connectivity index (χ3v) is 2.62. The number of benzene rings is 1. The Hall–Kier alpha value is -2.17. The molecule has 0 fully saturated rings. The van der Waals surface area contributed by atoms with Crippen LogP contribution in [0.25, 0.3) is 0 Å². The number of aromatic nitrogens is 2. The summed E-state index contributed by atoms with van der Waals surface area (Å²) in [7, 11) is 1.82. The lowest BCUT2D eigenvalue weighted by atomic mass is 10.3. The molecule has 1 aromatic carbocycles. The smallest absolute Gasteiger partial charge is 0.136 e. The van der Waals surface area contributed by atoms with Gasteiger partial charge in [0.2, 0.25) is 0 Å². The maximum atomic E-state index is 12.8. The van der Waals surface area contributed by atoms with E-state index in [2.05, 4.69) is 27.5 Å². The minimum atomic E-state index is -0.254. The van der Waals surface area contributed by atoms with Gasteiger partial charge in [0.25, 0.3) is 0 Å². The first-order chi connectivity index (χ1) is 9.21. The number of halogens is 1. The number of aryl methyl sites for hydroxylation is 1. The molecule has 100 valence electrons.